The summed E-state index contributed by atoms with van der Waals surface area (Å²) >= 11 is 0. The van der Waals surface area contributed by atoms with E-state index in [2.05, 4.69) is 6.07 Å². The molecule has 3 rings (SSSR count). The van der Waals surface area contributed by atoms with Crippen LogP contribution in [0.25, 0.3) is 6.08 Å². The minimum Gasteiger partial charge on any atom is -0.493 e. The summed E-state index contributed by atoms with van der Waals surface area (Å²) in [5.74, 6) is 0.812. The van der Waals surface area contributed by atoms with Gasteiger partial charge in [-0.3, -0.25) is 4.79 Å². The molecule has 0 aromatic heterocycles. The molecule has 0 unspecified atom stereocenters. The van der Waals surface area contributed by atoms with Crippen LogP contribution in [0.4, 0.5) is 5.69 Å². The predicted octanol–water partition coefficient (Wildman–Crippen LogP) is 3.69. The number of carbonyl (C=O) groups is 1. The molecule has 0 atom stereocenters. The molecule has 0 aliphatic carbocycles. The number of rotatable bonds is 4. The highest BCUT2D eigenvalue weighted by molar-refractivity contribution is 6.05. The van der Waals surface area contributed by atoms with Crippen LogP contribution < -0.4 is 9.64 Å². The number of anilines is 1. The Labute approximate surface area is 130 Å². The fraction of sp³-hybridized carbons (Fsp3) is 0.211. The van der Waals surface area contributed by atoms with E-state index in [0.29, 0.717) is 6.61 Å². The van der Waals surface area contributed by atoms with E-state index in [9.17, 15) is 4.79 Å². The van der Waals surface area contributed by atoms with Gasteiger partial charge in [0.2, 0.25) is 0 Å². The fourth-order valence-electron chi connectivity index (χ4n) is 2.72. The lowest BCUT2D eigenvalue weighted by Gasteiger charge is -2.15. The minimum absolute atomic E-state index is 0.0104. The van der Waals surface area contributed by atoms with Crippen LogP contribution in [0.5, 0.6) is 5.75 Å². The molecule has 0 saturated carbocycles. The highest BCUT2D eigenvalue weighted by atomic mass is 16.5. The molecule has 22 heavy (non-hydrogen) atoms. The van der Waals surface area contributed by atoms with Gasteiger partial charge in [-0.05, 0) is 37.1 Å². The standard InChI is InChI=1S/C19H19NO2/c1-2-22-18-10-6-4-8-16(18)11-12-19(21)20-14-13-15-7-3-5-9-17(15)20/h3-12H,2,13-14H2,1H3/b12-11+. The highest BCUT2D eigenvalue weighted by Crippen LogP contribution is 2.28. The van der Waals surface area contributed by atoms with E-state index < -0.39 is 0 Å². The van der Waals surface area contributed by atoms with Gasteiger partial charge in [-0.2, -0.15) is 0 Å². The maximum absolute atomic E-state index is 12.4. The second kappa shape index (κ2) is 6.48. The van der Waals surface area contributed by atoms with E-state index >= 15 is 0 Å². The normalized spacial score (nSPS) is 13.4. The molecule has 2 aromatic rings. The van der Waals surface area contributed by atoms with Crippen LogP contribution in [0, 0.1) is 0 Å². The molecule has 0 bridgehead atoms. The van der Waals surface area contributed by atoms with Gasteiger partial charge >= 0.3 is 0 Å². The Morgan fingerprint density at radius 2 is 1.95 bits per heavy atom. The molecule has 1 aliphatic heterocycles. The van der Waals surface area contributed by atoms with Crippen LogP contribution in [0.15, 0.2) is 54.6 Å². The molecule has 3 heteroatoms. The van der Waals surface area contributed by atoms with Crippen molar-refractivity contribution in [1.82, 2.24) is 0 Å². The zero-order valence-electron chi connectivity index (χ0n) is 12.7. The summed E-state index contributed by atoms with van der Waals surface area (Å²) in [6, 6.07) is 15.8. The summed E-state index contributed by atoms with van der Waals surface area (Å²) < 4.78 is 5.57. The van der Waals surface area contributed by atoms with Crippen molar-refractivity contribution in [3.05, 3.63) is 65.7 Å². The fourth-order valence-corrected chi connectivity index (χ4v) is 2.72. The van der Waals surface area contributed by atoms with Crippen molar-refractivity contribution in [1.29, 1.82) is 0 Å². The molecular weight excluding hydrogens is 274 g/mol. The monoisotopic (exact) mass is 293 g/mol. The number of hydrogen-bond donors (Lipinski definition) is 0. The molecule has 0 saturated heterocycles. The largest absolute Gasteiger partial charge is 0.493 e. The predicted molar refractivity (Wildman–Crippen MR) is 89.1 cm³/mol. The number of nitrogens with zero attached hydrogens (tertiary/aromatic N) is 1. The number of benzene rings is 2. The van der Waals surface area contributed by atoms with Gasteiger partial charge < -0.3 is 9.64 Å². The van der Waals surface area contributed by atoms with Gasteiger partial charge in [-0.25, -0.2) is 0 Å². The smallest absolute Gasteiger partial charge is 0.251 e. The number of ether oxygens (including phenoxy) is 1. The SMILES string of the molecule is CCOc1ccccc1/C=C/C(=O)N1CCc2ccccc21. The summed E-state index contributed by atoms with van der Waals surface area (Å²) in [6.45, 7) is 3.31. The van der Waals surface area contributed by atoms with Crippen molar-refractivity contribution in [2.24, 2.45) is 0 Å². The van der Waals surface area contributed by atoms with E-state index in [-0.39, 0.29) is 5.91 Å². The Balaban J connectivity index is 1.78. The van der Waals surface area contributed by atoms with Gasteiger partial charge in [0, 0.05) is 23.9 Å². The Morgan fingerprint density at radius 1 is 1.18 bits per heavy atom. The van der Waals surface area contributed by atoms with Crippen LogP contribution in [0.2, 0.25) is 0 Å². The lowest BCUT2D eigenvalue weighted by Crippen LogP contribution is -2.26. The Kier molecular flexibility index (Phi) is 4.24. The van der Waals surface area contributed by atoms with Crippen LogP contribution in [-0.2, 0) is 11.2 Å². The topological polar surface area (TPSA) is 29.5 Å². The summed E-state index contributed by atoms with van der Waals surface area (Å²) in [4.78, 5) is 14.3. The number of hydrogen-bond acceptors (Lipinski definition) is 2. The number of fused-ring (bicyclic) bond motifs is 1. The lowest BCUT2D eigenvalue weighted by molar-refractivity contribution is -0.114. The van der Waals surface area contributed by atoms with Crippen LogP contribution in [-0.4, -0.2) is 19.1 Å². The third-order valence-electron chi connectivity index (χ3n) is 3.78. The van der Waals surface area contributed by atoms with Crippen molar-refractivity contribution in [3.8, 4) is 5.75 Å². The quantitative estimate of drug-likeness (QED) is 0.805. The van der Waals surface area contributed by atoms with Crippen molar-refractivity contribution in [2.75, 3.05) is 18.1 Å². The first-order chi connectivity index (χ1) is 10.8. The Bertz CT molecular complexity index is 706. The van der Waals surface area contributed by atoms with Gasteiger partial charge in [-0.1, -0.05) is 36.4 Å². The third-order valence-corrected chi connectivity index (χ3v) is 3.78. The van der Waals surface area contributed by atoms with Gasteiger partial charge in [0.25, 0.3) is 5.91 Å². The summed E-state index contributed by atoms with van der Waals surface area (Å²) in [6.07, 6.45) is 4.37. The Hall–Kier alpha value is -2.55. The third kappa shape index (κ3) is 2.89. The zero-order chi connectivity index (χ0) is 15.4. The second-order valence-electron chi connectivity index (χ2n) is 5.17. The molecule has 1 heterocycles. The van der Waals surface area contributed by atoms with Crippen LogP contribution in [0.1, 0.15) is 18.1 Å². The first-order valence-corrected chi connectivity index (χ1v) is 7.59. The van der Waals surface area contributed by atoms with E-state index in [1.165, 1.54) is 5.56 Å². The highest BCUT2D eigenvalue weighted by Gasteiger charge is 2.22. The number of carbonyl (C=O) groups excluding carboxylic acids is 1. The van der Waals surface area contributed by atoms with E-state index in [0.717, 1.165) is 30.0 Å². The molecule has 3 nitrogen and oxygen atoms in total. The molecule has 0 N–H and O–H groups in total. The average Bonchev–Trinajstić information content (AvgIpc) is 2.98. The van der Waals surface area contributed by atoms with Gasteiger partial charge in [0.05, 0.1) is 6.61 Å². The lowest BCUT2D eigenvalue weighted by atomic mass is 10.1. The van der Waals surface area contributed by atoms with Gasteiger partial charge in [0.15, 0.2) is 0 Å². The molecule has 0 radical (unpaired) electrons. The van der Waals surface area contributed by atoms with E-state index in [4.69, 9.17) is 4.74 Å². The maximum atomic E-state index is 12.4. The van der Waals surface area contributed by atoms with Gasteiger partial charge in [0.1, 0.15) is 5.75 Å². The summed E-state index contributed by atoms with van der Waals surface area (Å²) in [5, 5.41) is 0. The van der Waals surface area contributed by atoms with Gasteiger partial charge in [-0.15, -0.1) is 0 Å². The van der Waals surface area contributed by atoms with Crippen LogP contribution in [0.3, 0.4) is 0 Å². The minimum atomic E-state index is 0.0104. The maximum Gasteiger partial charge on any atom is 0.251 e. The molecule has 1 amide bonds. The van der Waals surface area contributed by atoms with E-state index in [1.807, 2.05) is 60.4 Å². The first kappa shape index (κ1) is 14.4. The van der Waals surface area contributed by atoms with Crippen LogP contribution >= 0.6 is 0 Å². The van der Waals surface area contributed by atoms with Crippen molar-refractivity contribution in [2.45, 2.75) is 13.3 Å². The second-order valence-corrected chi connectivity index (χ2v) is 5.17. The average molecular weight is 293 g/mol. The Morgan fingerprint density at radius 3 is 2.82 bits per heavy atom. The van der Waals surface area contributed by atoms with Crippen molar-refractivity contribution >= 4 is 17.7 Å². The van der Waals surface area contributed by atoms with E-state index in [1.54, 1.807) is 6.08 Å². The molecule has 0 spiro atoms. The zero-order valence-corrected chi connectivity index (χ0v) is 12.7. The van der Waals surface area contributed by atoms with Crippen molar-refractivity contribution in [3.63, 3.8) is 0 Å². The number of amides is 1. The number of para-hydroxylation sites is 2. The first-order valence-electron chi connectivity index (χ1n) is 7.59. The molecular formula is C19H19NO2. The summed E-state index contributed by atoms with van der Waals surface area (Å²) in [5.41, 5.74) is 3.18. The molecule has 112 valence electrons. The molecule has 0 fully saturated rings. The molecule has 1 aliphatic rings. The summed E-state index contributed by atoms with van der Waals surface area (Å²) in [7, 11) is 0. The van der Waals surface area contributed by atoms with Crippen molar-refractivity contribution < 1.29 is 9.53 Å². The molecule has 2 aromatic carbocycles.